The molecule has 0 unspecified atom stereocenters. The second-order valence-corrected chi connectivity index (χ2v) is 2.85. The zero-order valence-corrected chi connectivity index (χ0v) is 9.26. The Bertz CT molecular complexity index is 390. The summed E-state index contributed by atoms with van der Waals surface area (Å²) in [5.41, 5.74) is 4.83. The lowest BCUT2D eigenvalue weighted by Crippen LogP contribution is -2.18. The molecule has 94 valence electrons. The van der Waals surface area contributed by atoms with Gasteiger partial charge in [-0.05, 0) is 6.92 Å². The van der Waals surface area contributed by atoms with Crippen LogP contribution in [-0.2, 0) is 9.47 Å². The van der Waals surface area contributed by atoms with Gasteiger partial charge in [-0.1, -0.05) is 0 Å². The van der Waals surface area contributed by atoms with Crippen LogP contribution in [0.1, 0.15) is 17.4 Å². The highest BCUT2D eigenvalue weighted by atomic mass is 16.5. The minimum Gasteiger partial charge on any atom is -0.461 e. The maximum absolute atomic E-state index is 11.2. The number of esters is 1. The molecule has 0 saturated carbocycles. The molecule has 0 aliphatic heterocycles. The average Bonchev–Trinajstić information content (AvgIpc) is 2.73. The first-order valence-electron chi connectivity index (χ1n) is 4.92. The van der Waals surface area contributed by atoms with E-state index in [9.17, 15) is 9.59 Å². The number of nitrogens with zero attached hydrogens (tertiary/aromatic N) is 1. The molecule has 1 aromatic heterocycles. The molecule has 1 rings (SSSR count). The van der Waals surface area contributed by atoms with Crippen LogP contribution in [0.25, 0.3) is 0 Å². The van der Waals surface area contributed by atoms with Crippen molar-refractivity contribution in [3.63, 3.8) is 0 Å². The van der Waals surface area contributed by atoms with Crippen molar-refractivity contribution in [1.29, 1.82) is 0 Å². The first-order chi connectivity index (χ1) is 8.13. The number of hydrogen-bond donors (Lipinski definition) is 2. The minimum absolute atomic E-state index is 0.0742. The summed E-state index contributed by atoms with van der Waals surface area (Å²) in [5.74, 6) is -0.558. The minimum atomic E-state index is -0.855. The third-order valence-corrected chi connectivity index (χ3v) is 1.61. The summed E-state index contributed by atoms with van der Waals surface area (Å²) in [5, 5.41) is 2.70. The molecule has 1 aromatic rings. The number of ether oxygens (including phenoxy) is 2. The van der Waals surface area contributed by atoms with Crippen LogP contribution in [0.3, 0.4) is 0 Å². The number of carbonyl (C=O) groups excluding carboxylic acids is 2. The first kappa shape index (κ1) is 12.8. The largest absolute Gasteiger partial charge is 0.461 e. The van der Waals surface area contributed by atoms with Gasteiger partial charge in [0.1, 0.15) is 12.9 Å². The van der Waals surface area contributed by atoms with E-state index in [1.54, 1.807) is 6.92 Å². The Labute approximate surface area is 97.1 Å². The second-order valence-electron chi connectivity index (χ2n) is 2.85. The van der Waals surface area contributed by atoms with Crippen LogP contribution in [0.15, 0.2) is 10.7 Å². The zero-order chi connectivity index (χ0) is 12.7. The molecule has 0 bridgehead atoms. The molecule has 17 heavy (non-hydrogen) atoms. The van der Waals surface area contributed by atoms with Gasteiger partial charge in [0.15, 0.2) is 5.69 Å². The van der Waals surface area contributed by atoms with Gasteiger partial charge in [0.05, 0.1) is 13.2 Å². The quantitative estimate of drug-likeness (QED) is 0.547. The lowest BCUT2D eigenvalue weighted by Gasteiger charge is -2.01. The summed E-state index contributed by atoms with van der Waals surface area (Å²) in [4.78, 5) is 25.3. The van der Waals surface area contributed by atoms with Crippen molar-refractivity contribution >= 4 is 18.1 Å². The lowest BCUT2D eigenvalue weighted by atomic mass is 10.5. The van der Waals surface area contributed by atoms with Crippen LogP contribution in [0, 0.1) is 0 Å². The topological polar surface area (TPSA) is 117 Å². The Morgan fingerprint density at radius 1 is 1.53 bits per heavy atom. The van der Waals surface area contributed by atoms with Gasteiger partial charge in [-0.25, -0.2) is 9.59 Å². The summed E-state index contributed by atoms with van der Waals surface area (Å²) in [6, 6.07) is 0.140. The van der Waals surface area contributed by atoms with Crippen LogP contribution in [0.2, 0.25) is 0 Å². The molecule has 0 aliphatic carbocycles. The van der Waals surface area contributed by atoms with Crippen molar-refractivity contribution in [3.8, 4) is 0 Å². The second kappa shape index (κ2) is 6.36. The molecule has 0 atom stereocenters. The Balaban J connectivity index is 2.35. The molecular weight excluding hydrogens is 230 g/mol. The molecule has 0 saturated heterocycles. The third-order valence-electron chi connectivity index (χ3n) is 1.61. The van der Waals surface area contributed by atoms with E-state index < -0.39 is 12.1 Å². The molecular formula is C9H13N3O5. The van der Waals surface area contributed by atoms with Gasteiger partial charge in [-0.15, -0.1) is 0 Å². The maximum atomic E-state index is 11.2. The molecule has 8 nitrogen and oxygen atoms in total. The smallest absolute Gasteiger partial charge is 0.404 e. The first-order valence-corrected chi connectivity index (χ1v) is 4.92. The van der Waals surface area contributed by atoms with E-state index in [4.69, 9.17) is 14.9 Å². The van der Waals surface area contributed by atoms with Gasteiger partial charge in [0, 0.05) is 0 Å². The molecule has 0 radical (unpaired) electrons. The average molecular weight is 243 g/mol. The normalized spacial score (nSPS) is 9.71. The maximum Gasteiger partial charge on any atom is 0.404 e. The Kier molecular flexibility index (Phi) is 4.79. The van der Waals surface area contributed by atoms with Gasteiger partial charge < -0.3 is 24.9 Å². The van der Waals surface area contributed by atoms with Crippen LogP contribution in [0.5, 0.6) is 0 Å². The SMILES string of the molecule is CCOC(=O)c1coc(NCCOC(N)=O)n1. The highest BCUT2D eigenvalue weighted by Crippen LogP contribution is 2.08. The van der Waals surface area contributed by atoms with Crippen molar-refractivity contribution in [3.05, 3.63) is 12.0 Å². The number of amides is 1. The number of primary amides is 1. The van der Waals surface area contributed by atoms with Gasteiger partial charge in [0.2, 0.25) is 0 Å². The van der Waals surface area contributed by atoms with Gasteiger partial charge in [-0.3, -0.25) is 0 Å². The van der Waals surface area contributed by atoms with E-state index in [-0.39, 0.29) is 31.5 Å². The van der Waals surface area contributed by atoms with Crippen molar-refractivity contribution in [2.45, 2.75) is 6.92 Å². The molecule has 0 spiro atoms. The number of hydrogen-bond acceptors (Lipinski definition) is 7. The van der Waals surface area contributed by atoms with E-state index in [0.29, 0.717) is 0 Å². The van der Waals surface area contributed by atoms with E-state index >= 15 is 0 Å². The summed E-state index contributed by atoms with van der Waals surface area (Å²) < 4.78 is 14.1. The fourth-order valence-electron chi connectivity index (χ4n) is 0.963. The van der Waals surface area contributed by atoms with E-state index in [0.717, 1.165) is 0 Å². The Morgan fingerprint density at radius 3 is 2.94 bits per heavy atom. The monoisotopic (exact) mass is 243 g/mol. The lowest BCUT2D eigenvalue weighted by molar-refractivity contribution is 0.0519. The molecule has 8 heteroatoms. The van der Waals surface area contributed by atoms with Crippen LogP contribution >= 0.6 is 0 Å². The number of nitrogens with one attached hydrogen (secondary N) is 1. The molecule has 1 heterocycles. The molecule has 0 aromatic carbocycles. The summed E-state index contributed by atoms with van der Waals surface area (Å²) >= 11 is 0. The standard InChI is InChI=1S/C9H13N3O5/c1-2-15-7(13)6-5-17-9(12-6)11-3-4-16-8(10)14/h5H,2-4H2,1H3,(H2,10,14)(H,11,12). The Hall–Kier alpha value is -2.25. The van der Waals surface area contributed by atoms with Crippen LogP contribution in [-0.4, -0.2) is 36.8 Å². The molecule has 0 aliphatic rings. The summed E-state index contributed by atoms with van der Waals surface area (Å²) in [7, 11) is 0. The summed E-state index contributed by atoms with van der Waals surface area (Å²) in [6.45, 7) is 2.30. The fourth-order valence-corrected chi connectivity index (χ4v) is 0.963. The van der Waals surface area contributed by atoms with Gasteiger partial charge in [0.25, 0.3) is 6.01 Å². The fraction of sp³-hybridized carbons (Fsp3) is 0.444. The van der Waals surface area contributed by atoms with Gasteiger partial charge in [-0.2, -0.15) is 4.98 Å². The van der Waals surface area contributed by atoms with Crippen molar-refractivity contribution in [2.24, 2.45) is 5.73 Å². The van der Waals surface area contributed by atoms with E-state index in [1.165, 1.54) is 6.26 Å². The molecule has 1 amide bonds. The predicted molar refractivity (Wildman–Crippen MR) is 56.5 cm³/mol. The predicted octanol–water partition coefficient (Wildman–Crippen LogP) is 0.358. The van der Waals surface area contributed by atoms with Crippen molar-refractivity contribution < 1.29 is 23.5 Å². The highest BCUT2D eigenvalue weighted by molar-refractivity contribution is 5.87. The number of anilines is 1. The van der Waals surface area contributed by atoms with Crippen molar-refractivity contribution in [1.82, 2.24) is 4.98 Å². The number of aromatic nitrogens is 1. The zero-order valence-electron chi connectivity index (χ0n) is 9.26. The van der Waals surface area contributed by atoms with Crippen LogP contribution < -0.4 is 11.1 Å². The Morgan fingerprint density at radius 2 is 2.29 bits per heavy atom. The summed E-state index contributed by atoms with van der Waals surface area (Å²) in [6.07, 6.45) is 0.321. The molecule has 0 fully saturated rings. The van der Waals surface area contributed by atoms with E-state index in [1.807, 2.05) is 0 Å². The number of nitrogens with two attached hydrogens (primary N) is 1. The third kappa shape index (κ3) is 4.41. The van der Waals surface area contributed by atoms with Gasteiger partial charge >= 0.3 is 12.1 Å². The van der Waals surface area contributed by atoms with Crippen LogP contribution in [0.4, 0.5) is 10.8 Å². The number of carbonyl (C=O) groups is 2. The number of oxazole rings is 1. The van der Waals surface area contributed by atoms with Crippen molar-refractivity contribution in [2.75, 3.05) is 25.1 Å². The highest BCUT2D eigenvalue weighted by Gasteiger charge is 2.12. The molecule has 3 N–H and O–H groups in total. The number of rotatable bonds is 6. The van der Waals surface area contributed by atoms with E-state index in [2.05, 4.69) is 15.0 Å².